The second kappa shape index (κ2) is 9.92. The summed E-state index contributed by atoms with van der Waals surface area (Å²) < 4.78 is 26.4. The molecular formula is C17H24F2N2O2. The van der Waals surface area contributed by atoms with Gasteiger partial charge in [-0.1, -0.05) is 38.7 Å². The molecule has 0 spiro atoms. The molecule has 1 aromatic carbocycles. The lowest BCUT2D eigenvalue weighted by Crippen LogP contribution is -2.39. The van der Waals surface area contributed by atoms with Crippen LogP contribution in [0.3, 0.4) is 0 Å². The summed E-state index contributed by atoms with van der Waals surface area (Å²) in [7, 11) is 1.42. The van der Waals surface area contributed by atoms with E-state index in [0.29, 0.717) is 6.42 Å². The number of amides is 2. The maximum atomic E-state index is 13.3. The average Bonchev–Trinajstić information content (AvgIpc) is 2.54. The molecule has 1 aromatic rings. The molecule has 0 heterocycles. The lowest BCUT2D eigenvalue weighted by molar-refractivity contribution is -0.129. The molecule has 23 heavy (non-hydrogen) atoms. The standard InChI is InChI=1S/C17H24F2N2O2/c1-3-4-5-6-7-8-15(22)21-16(17(23)20-2)12-9-10-13(18)14(19)11-12/h9-11,16H,3-8H2,1-2H3,(H,20,23)(H,21,22). The van der Waals surface area contributed by atoms with E-state index in [4.69, 9.17) is 0 Å². The lowest BCUT2D eigenvalue weighted by atomic mass is 10.0. The van der Waals surface area contributed by atoms with Crippen molar-refractivity contribution in [1.29, 1.82) is 0 Å². The Morgan fingerprint density at radius 3 is 2.39 bits per heavy atom. The fraction of sp³-hybridized carbons (Fsp3) is 0.529. The molecular weight excluding hydrogens is 302 g/mol. The molecule has 128 valence electrons. The average molecular weight is 326 g/mol. The van der Waals surface area contributed by atoms with Crippen molar-refractivity contribution in [3.05, 3.63) is 35.4 Å². The summed E-state index contributed by atoms with van der Waals surface area (Å²) in [6.07, 6.45) is 5.34. The highest BCUT2D eigenvalue weighted by Crippen LogP contribution is 2.17. The predicted molar refractivity (Wildman–Crippen MR) is 84.7 cm³/mol. The van der Waals surface area contributed by atoms with Gasteiger partial charge >= 0.3 is 0 Å². The number of likely N-dealkylation sites (N-methyl/N-ethyl adjacent to an activating group) is 1. The Bertz CT molecular complexity index is 535. The van der Waals surface area contributed by atoms with Gasteiger partial charge < -0.3 is 10.6 Å². The van der Waals surface area contributed by atoms with Crippen molar-refractivity contribution in [1.82, 2.24) is 10.6 Å². The number of hydrogen-bond donors (Lipinski definition) is 2. The summed E-state index contributed by atoms with van der Waals surface area (Å²) in [4.78, 5) is 23.9. The maximum absolute atomic E-state index is 13.3. The fourth-order valence-electron chi connectivity index (χ4n) is 2.26. The van der Waals surface area contributed by atoms with E-state index in [1.165, 1.54) is 13.1 Å². The molecule has 0 saturated heterocycles. The predicted octanol–water partition coefficient (Wildman–Crippen LogP) is 3.23. The van der Waals surface area contributed by atoms with E-state index in [0.717, 1.165) is 44.2 Å². The van der Waals surface area contributed by atoms with E-state index >= 15 is 0 Å². The van der Waals surface area contributed by atoms with Crippen molar-refractivity contribution in [2.24, 2.45) is 0 Å². The van der Waals surface area contributed by atoms with Crippen LogP contribution in [0, 0.1) is 11.6 Å². The molecule has 4 nitrogen and oxygen atoms in total. The topological polar surface area (TPSA) is 58.2 Å². The number of rotatable bonds is 9. The maximum Gasteiger partial charge on any atom is 0.246 e. The van der Waals surface area contributed by atoms with Gasteiger partial charge in [0.15, 0.2) is 11.6 Å². The van der Waals surface area contributed by atoms with Crippen LogP contribution < -0.4 is 10.6 Å². The number of benzene rings is 1. The first-order chi connectivity index (χ1) is 11.0. The van der Waals surface area contributed by atoms with Crippen LogP contribution in [0.4, 0.5) is 8.78 Å². The van der Waals surface area contributed by atoms with Gasteiger partial charge in [0.25, 0.3) is 0 Å². The molecule has 0 radical (unpaired) electrons. The van der Waals surface area contributed by atoms with Crippen molar-refractivity contribution >= 4 is 11.8 Å². The molecule has 0 aliphatic rings. The Kier molecular flexibility index (Phi) is 8.22. The van der Waals surface area contributed by atoms with Gasteiger partial charge in [-0.25, -0.2) is 8.78 Å². The van der Waals surface area contributed by atoms with E-state index in [1.807, 2.05) is 0 Å². The Balaban J connectivity index is 2.66. The number of nitrogens with one attached hydrogen (secondary N) is 2. The summed E-state index contributed by atoms with van der Waals surface area (Å²) in [6, 6.07) is 2.13. The molecule has 0 aromatic heterocycles. The van der Waals surface area contributed by atoms with Gasteiger partial charge in [0, 0.05) is 13.5 Å². The second-order valence-electron chi connectivity index (χ2n) is 5.45. The minimum absolute atomic E-state index is 0.211. The Morgan fingerprint density at radius 2 is 1.78 bits per heavy atom. The van der Waals surface area contributed by atoms with E-state index < -0.39 is 23.6 Å². The van der Waals surface area contributed by atoms with Crippen LogP contribution in [-0.2, 0) is 9.59 Å². The molecule has 0 bridgehead atoms. The van der Waals surface area contributed by atoms with E-state index in [-0.39, 0.29) is 11.5 Å². The molecule has 1 unspecified atom stereocenters. The first kappa shape index (κ1) is 19.1. The van der Waals surface area contributed by atoms with Gasteiger partial charge in [-0.3, -0.25) is 9.59 Å². The number of halogens is 2. The SMILES string of the molecule is CCCCCCCC(=O)NC(C(=O)NC)c1ccc(F)c(F)c1. The van der Waals surface area contributed by atoms with Crippen LogP contribution in [0.15, 0.2) is 18.2 Å². The molecule has 0 saturated carbocycles. The molecule has 0 aliphatic heterocycles. The summed E-state index contributed by atoms with van der Waals surface area (Å²) in [5.74, 6) is -2.80. The van der Waals surface area contributed by atoms with Crippen molar-refractivity contribution in [3.63, 3.8) is 0 Å². The fourth-order valence-corrected chi connectivity index (χ4v) is 2.26. The third-order valence-electron chi connectivity index (χ3n) is 3.60. The highest BCUT2D eigenvalue weighted by atomic mass is 19.2. The van der Waals surface area contributed by atoms with Crippen LogP contribution >= 0.6 is 0 Å². The quantitative estimate of drug-likeness (QED) is 0.685. The van der Waals surface area contributed by atoms with Crippen molar-refractivity contribution < 1.29 is 18.4 Å². The zero-order valence-electron chi connectivity index (χ0n) is 13.6. The van der Waals surface area contributed by atoms with Gasteiger partial charge in [0.05, 0.1) is 0 Å². The Labute approximate surface area is 135 Å². The summed E-state index contributed by atoms with van der Waals surface area (Å²) in [5.41, 5.74) is 0.211. The summed E-state index contributed by atoms with van der Waals surface area (Å²) in [6.45, 7) is 2.11. The first-order valence-electron chi connectivity index (χ1n) is 7.95. The molecule has 2 amide bonds. The largest absolute Gasteiger partial charge is 0.357 e. The van der Waals surface area contributed by atoms with Crippen LogP contribution in [0.2, 0.25) is 0 Å². The zero-order chi connectivity index (χ0) is 17.2. The van der Waals surface area contributed by atoms with E-state index in [2.05, 4.69) is 17.6 Å². The number of carbonyl (C=O) groups is 2. The third-order valence-corrected chi connectivity index (χ3v) is 3.60. The van der Waals surface area contributed by atoms with Gasteiger partial charge in [-0.2, -0.15) is 0 Å². The van der Waals surface area contributed by atoms with Crippen molar-refractivity contribution in [2.45, 2.75) is 51.5 Å². The van der Waals surface area contributed by atoms with Crippen molar-refractivity contribution in [2.75, 3.05) is 7.05 Å². The molecule has 1 rings (SSSR count). The molecule has 0 fully saturated rings. The van der Waals surface area contributed by atoms with Crippen LogP contribution in [0.25, 0.3) is 0 Å². The minimum atomic E-state index is -1.05. The molecule has 1 atom stereocenters. The monoisotopic (exact) mass is 326 g/mol. The van der Waals surface area contributed by atoms with E-state index in [9.17, 15) is 18.4 Å². The van der Waals surface area contributed by atoms with Gasteiger partial charge in [-0.05, 0) is 24.1 Å². The molecule has 0 aliphatic carbocycles. The minimum Gasteiger partial charge on any atom is -0.357 e. The van der Waals surface area contributed by atoms with Crippen molar-refractivity contribution in [3.8, 4) is 0 Å². The van der Waals surface area contributed by atoms with Crippen LogP contribution in [0.1, 0.15) is 57.1 Å². The van der Waals surface area contributed by atoms with E-state index in [1.54, 1.807) is 0 Å². The first-order valence-corrected chi connectivity index (χ1v) is 7.95. The lowest BCUT2D eigenvalue weighted by Gasteiger charge is -2.18. The summed E-state index contributed by atoms with van der Waals surface area (Å²) >= 11 is 0. The highest BCUT2D eigenvalue weighted by molar-refractivity contribution is 5.88. The van der Waals surface area contributed by atoms with Gasteiger partial charge in [-0.15, -0.1) is 0 Å². The highest BCUT2D eigenvalue weighted by Gasteiger charge is 2.22. The third kappa shape index (κ3) is 6.34. The van der Waals surface area contributed by atoms with Gasteiger partial charge in [0.2, 0.25) is 11.8 Å². The number of carbonyl (C=O) groups excluding carboxylic acids is 2. The molecule has 2 N–H and O–H groups in total. The second-order valence-corrected chi connectivity index (χ2v) is 5.45. The van der Waals surface area contributed by atoms with Gasteiger partial charge in [0.1, 0.15) is 6.04 Å². The smallest absolute Gasteiger partial charge is 0.246 e. The number of unbranched alkanes of at least 4 members (excludes halogenated alkanes) is 4. The Hall–Kier alpha value is -1.98. The van der Waals surface area contributed by atoms with Crippen LogP contribution in [-0.4, -0.2) is 18.9 Å². The van der Waals surface area contributed by atoms with Crippen LogP contribution in [0.5, 0.6) is 0 Å². The normalized spacial score (nSPS) is 11.8. The Morgan fingerprint density at radius 1 is 1.09 bits per heavy atom. The number of hydrogen-bond acceptors (Lipinski definition) is 2. The zero-order valence-corrected chi connectivity index (χ0v) is 13.6. The summed E-state index contributed by atoms with van der Waals surface area (Å²) in [5, 5.41) is 5.00. The molecule has 6 heteroatoms.